The zero-order valence-corrected chi connectivity index (χ0v) is 12.1. The van der Waals surface area contributed by atoms with E-state index < -0.39 is 11.9 Å². The first kappa shape index (κ1) is 23.1. The van der Waals surface area contributed by atoms with Gasteiger partial charge in [-0.1, -0.05) is 13.8 Å². The molecule has 0 aliphatic rings. The van der Waals surface area contributed by atoms with Crippen LogP contribution >= 0.6 is 0 Å². The Kier molecular flexibility index (Phi) is 34.4. The summed E-state index contributed by atoms with van der Waals surface area (Å²) in [5.74, 6) is -1.49. The Morgan fingerprint density at radius 1 is 0.917 bits per heavy atom. The fraction of sp³-hybridized carbons (Fsp3) is 0.667. The minimum Gasteiger partial charge on any atom is -0.481 e. The molecule has 0 atom stereocenters. The van der Waals surface area contributed by atoms with Gasteiger partial charge < -0.3 is 10.2 Å². The van der Waals surface area contributed by atoms with Crippen LogP contribution in [0, 0.1) is 0 Å². The van der Waals surface area contributed by atoms with Gasteiger partial charge in [-0.3, -0.25) is 9.59 Å². The number of rotatable bonds is 2. The molecule has 0 rings (SSSR count). The average molecular weight is 194 g/mol. The van der Waals surface area contributed by atoms with Crippen LogP contribution in [-0.4, -0.2) is 81.3 Å². The molecule has 0 aliphatic carbocycles. The topological polar surface area (TPSA) is 74.6 Å². The Bertz CT molecular complexity index is 102. The predicted octanol–water partition coefficient (Wildman–Crippen LogP) is 0.200. The summed E-state index contributed by atoms with van der Waals surface area (Å²) in [5.41, 5.74) is 0. The molecule has 0 bridgehead atoms. The molecule has 0 aromatic carbocycles. The molecule has 0 unspecified atom stereocenters. The van der Waals surface area contributed by atoms with Crippen molar-refractivity contribution in [3.8, 4) is 0 Å². The summed E-state index contributed by atoms with van der Waals surface area (Å²) in [4.78, 5) is 18.7. The number of carboxylic acid groups (broad SMARTS) is 2. The molecule has 0 amide bonds. The Hall–Kier alpha value is 0.940. The number of hydrogen-bond acceptors (Lipinski definition) is 2. The first-order valence-electron chi connectivity index (χ1n) is 2.98. The number of carbonyl (C=O) groups is 2. The molecule has 2 N–H and O–H groups in total. The summed E-state index contributed by atoms with van der Waals surface area (Å²) < 4.78 is 0. The molecular formula is C6H12Na2O4. The van der Waals surface area contributed by atoms with Gasteiger partial charge in [0.2, 0.25) is 0 Å². The molecule has 62 valence electrons. The molecule has 0 fully saturated rings. The molecular weight excluding hydrogens is 182 g/mol. The average Bonchev–Trinajstić information content (AvgIpc) is 1.89. The summed E-state index contributed by atoms with van der Waals surface area (Å²) in [6.07, 6.45) is 0.444. The first-order chi connectivity index (χ1) is 4.54. The van der Waals surface area contributed by atoms with Crippen molar-refractivity contribution in [3.05, 3.63) is 0 Å². The minimum atomic E-state index is -0.745. The molecule has 0 saturated heterocycles. The standard InChI is InChI=1S/2C3H6O2.2Na/c2*1-2-3(4)5;;/h2*2H2,1H3,(H,4,5);;. The van der Waals surface area contributed by atoms with Gasteiger partial charge in [0.1, 0.15) is 0 Å². The smallest absolute Gasteiger partial charge is 0.303 e. The van der Waals surface area contributed by atoms with Crippen LogP contribution in [0.1, 0.15) is 26.7 Å². The monoisotopic (exact) mass is 194 g/mol. The SMILES string of the molecule is CCC(=O)O.CCC(=O)O.[Na].[Na]. The quantitative estimate of drug-likeness (QED) is 0.616. The molecule has 12 heavy (non-hydrogen) atoms. The van der Waals surface area contributed by atoms with Crippen LogP contribution in [0.2, 0.25) is 0 Å². The number of aliphatic carboxylic acids is 2. The van der Waals surface area contributed by atoms with Gasteiger partial charge in [-0.15, -0.1) is 0 Å². The Labute approximate surface area is 116 Å². The van der Waals surface area contributed by atoms with Crippen molar-refractivity contribution in [2.45, 2.75) is 26.7 Å². The summed E-state index contributed by atoms with van der Waals surface area (Å²) in [5, 5.41) is 15.4. The van der Waals surface area contributed by atoms with Gasteiger partial charge in [0, 0.05) is 72.0 Å². The van der Waals surface area contributed by atoms with Crippen molar-refractivity contribution in [1.82, 2.24) is 0 Å². The Morgan fingerprint density at radius 3 is 1.00 bits per heavy atom. The van der Waals surface area contributed by atoms with Crippen LogP contribution in [0.4, 0.5) is 0 Å². The van der Waals surface area contributed by atoms with Crippen LogP contribution in [0.15, 0.2) is 0 Å². The minimum absolute atomic E-state index is 0. The van der Waals surface area contributed by atoms with Crippen molar-refractivity contribution >= 4 is 71.1 Å². The largest absolute Gasteiger partial charge is 0.481 e. The molecule has 6 heteroatoms. The molecule has 0 aliphatic heterocycles. The second kappa shape index (κ2) is 17.9. The van der Waals surface area contributed by atoms with Crippen LogP contribution in [0.5, 0.6) is 0 Å². The van der Waals surface area contributed by atoms with Crippen molar-refractivity contribution in [2.24, 2.45) is 0 Å². The summed E-state index contributed by atoms with van der Waals surface area (Å²) in [7, 11) is 0. The molecule has 0 saturated carbocycles. The van der Waals surface area contributed by atoms with E-state index in [4.69, 9.17) is 10.2 Å². The van der Waals surface area contributed by atoms with E-state index in [1.165, 1.54) is 0 Å². The van der Waals surface area contributed by atoms with E-state index in [1.54, 1.807) is 13.8 Å². The van der Waals surface area contributed by atoms with Crippen LogP contribution < -0.4 is 0 Å². The molecule has 2 radical (unpaired) electrons. The van der Waals surface area contributed by atoms with Crippen LogP contribution in [0.3, 0.4) is 0 Å². The maximum absolute atomic E-state index is 9.37. The van der Waals surface area contributed by atoms with Gasteiger partial charge >= 0.3 is 11.9 Å². The van der Waals surface area contributed by atoms with E-state index in [9.17, 15) is 9.59 Å². The zero-order chi connectivity index (χ0) is 8.57. The number of carboxylic acids is 2. The maximum atomic E-state index is 9.37. The third kappa shape index (κ3) is 44.3. The van der Waals surface area contributed by atoms with E-state index in [2.05, 4.69) is 0 Å². The second-order valence-electron chi connectivity index (χ2n) is 1.49. The molecule has 0 spiro atoms. The fourth-order valence-electron chi connectivity index (χ4n) is 0. The van der Waals surface area contributed by atoms with Gasteiger partial charge in [-0.05, 0) is 0 Å². The zero-order valence-electron chi connectivity index (χ0n) is 8.13. The fourth-order valence-corrected chi connectivity index (χ4v) is 0. The first-order valence-corrected chi connectivity index (χ1v) is 2.98. The molecule has 0 aromatic rings. The van der Waals surface area contributed by atoms with Gasteiger partial charge in [-0.2, -0.15) is 0 Å². The van der Waals surface area contributed by atoms with E-state index in [0.29, 0.717) is 0 Å². The summed E-state index contributed by atoms with van der Waals surface area (Å²) in [6.45, 7) is 3.20. The van der Waals surface area contributed by atoms with E-state index in [-0.39, 0.29) is 72.0 Å². The van der Waals surface area contributed by atoms with Crippen molar-refractivity contribution in [2.75, 3.05) is 0 Å². The van der Waals surface area contributed by atoms with Crippen LogP contribution in [0.25, 0.3) is 0 Å². The maximum Gasteiger partial charge on any atom is 0.303 e. The van der Waals surface area contributed by atoms with E-state index in [1.807, 2.05) is 0 Å². The molecule has 0 aromatic heterocycles. The van der Waals surface area contributed by atoms with Gasteiger partial charge in [0.15, 0.2) is 0 Å². The van der Waals surface area contributed by atoms with Gasteiger partial charge in [0.25, 0.3) is 0 Å². The third-order valence-corrected chi connectivity index (χ3v) is 0.605. The van der Waals surface area contributed by atoms with Gasteiger partial charge in [-0.25, -0.2) is 0 Å². The normalized spacial score (nSPS) is 6.17. The second-order valence-corrected chi connectivity index (χ2v) is 1.49. The Morgan fingerprint density at radius 2 is 1.00 bits per heavy atom. The van der Waals surface area contributed by atoms with Crippen molar-refractivity contribution < 1.29 is 19.8 Å². The van der Waals surface area contributed by atoms with Crippen molar-refractivity contribution in [3.63, 3.8) is 0 Å². The van der Waals surface area contributed by atoms with E-state index in [0.717, 1.165) is 0 Å². The Balaban J connectivity index is -0.0000000457. The molecule has 4 nitrogen and oxygen atoms in total. The number of hydrogen-bond donors (Lipinski definition) is 2. The van der Waals surface area contributed by atoms with Crippen molar-refractivity contribution in [1.29, 1.82) is 0 Å². The summed E-state index contributed by atoms with van der Waals surface area (Å²) in [6, 6.07) is 0. The third-order valence-electron chi connectivity index (χ3n) is 0.605. The summed E-state index contributed by atoms with van der Waals surface area (Å²) >= 11 is 0. The van der Waals surface area contributed by atoms with Crippen LogP contribution in [-0.2, 0) is 9.59 Å². The molecule has 0 heterocycles. The van der Waals surface area contributed by atoms with E-state index >= 15 is 0 Å². The van der Waals surface area contributed by atoms with Gasteiger partial charge in [0.05, 0.1) is 0 Å². The predicted molar refractivity (Wildman–Crippen MR) is 47.4 cm³/mol.